The van der Waals surface area contributed by atoms with Gasteiger partial charge in [-0.05, 0) is 56.2 Å². The Balaban J connectivity index is 1.57. The molecule has 2 unspecified atom stereocenters. The highest BCUT2D eigenvalue weighted by molar-refractivity contribution is 6.34. The van der Waals surface area contributed by atoms with E-state index in [0.717, 1.165) is 42.7 Å². The van der Waals surface area contributed by atoms with Crippen LogP contribution in [0.3, 0.4) is 0 Å². The molecule has 1 saturated heterocycles. The quantitative estimate of drug-likeness (QED) is 0.354. The summed E-state index contributed by atoms with van der Waals surface area (Å²) >= 11 is 13.1. The molecule has 2 heterocycles. The second kappa shape index (κ2) is 12.0. The summed E-state index contributed by atoms with van der Waals surface area (Å²) in [5.74, 6) is -3.35. The Hall–Kier alpha value is -1.70. The fraction of sp³-hybridized carbons (Fsp3) is 0.615. The summed E-state index contributed by atoms with van der Waals surface area (Å²) in [6, 6.07) is 7.75. The van der Waals surface area contributed by atoms with Crippen LogP contribution in [0, 0.1) is 5.92 Å². The number of alkyl halides is 3. The summed E-state index contributed by atoms with van der Waals surface area (Å²) in [6.07, 6.45) is 8.40. The van der Waals surface area contributed by atoms with Crippen molar-refractivity contribution in [3.05, 3.63) is 35.0 Å². The van der Waals surface area contributed by atoms with Crippen molar-refractivity contribution in [1.82, 2.24) is 15.5 Å². The molecule has 9 heteroatoms. The topological polar surface area (TPSA) is 56.3 Å². The molecule has 1 aliphatic carbocycles. The van der Waals surface area contributed by atoms with Crippen LogP contribution < -0.4 is 14.8 Å². The first-order valence-electron chi connectivity index (χ1n) is 12.6. The Morgan fingerprint density at radius 2 is 1.89 bits per heavy atom. The lowest BCUT2D eigenvalue weighted by atomic mass is 9.95. The summed E-state index contributed by atoms with van der Waals surface area (Å²) < 4.78 is 40.6. The molecule has 1 aromatic heterocycles. The Labute approximate surface area is 215 Å². The van der Waals surface area contributed by atoms with Crippen LogP contribution in [0.4, 0.5) is 8.78 Å². The first-order valence-corrected chi connectivity index (χ1v) is 13.4. The lowest BCUT2D eigenvalue weighted by molar-refractivity contribution is -0.0988. The van der Waals surface area contributed by atoms with Crippen molar-refractivity contribution < 1.29 is 18.3 Å². The summed E-state index contributed by atoms with van der Waals surface area (Å²) in [6.45, 7) is 2.39. The standard InChI is InChI=1S/C26H33Cl2F2N3O2/c1-2-3-9-21-22(17-10-12-19(13-11-17)34-18-7-5-4-6-8-18)23(27)25(33-32-21)35-24(28)20-16-31-15-14-26(20,29)30/h10-13,18,20,24,31H,2-9,14-16H2,1H3. The van der Waals surface area contributed by atoms with Crippen molar-refractivity contribution in [3.63, 3.8) is 0 Å². The molecule has 0 spiro atoms. The minimum absolute atomic E-state index is 0.0363. The van der Waals surface area contributed by atoms with Crippen LogP contribution in [0.25, 0.3) is 11.1 Å². The van der Waals surface area contributed by atoms with Gasteiger partial charge in [-0.3, -0.25) is 0 Å². The van der Waals surface area contributed by atoms with Crippen LogP contribution in [-0.4, -0.2) is 40.9 Å². The number of nitrogens with zero attached hydrogens (tertiary/aromatic N) is 2. The summed E-state index contributed by atoms with van der Waals surface area (Å²) in [5.41, 5.74) is 0.963. The van der Waals surface area contributed by atoms with Gasteiger partial charge in [-0.2, -0.15) is 5.10 Å². The van der Waals surface area contributed by atoms with Crippen molar-refractivity contribution in [1.29, 1.82) is 0 Å². The van der Waals surface area contributed by atoms with Crippen molar-refractivity contribution in [2.75, 3.05) is 13.1 Å². The van der Waals surface area contributed by atoms with E-state index in [1.807, 2.05) is 24.3 Å². The maximum atomic E-state index is 14.4. The van der Waals surface area contributed by atoms with E-state index in [1.54, 1.807) is 0 Å². The van der Waals surface area contributed by atoms with E-state index in [4.69, 9.17) is 32.7 Å². The van der Waals surface area contributed by atoms with E-state index in [2.05, 4.69) is 22.4 Å². The normalized spacial score (nSPS) is 21.5. The van der Waals surface area contributed by atoms with Crippen LogP contribution in [0.5, 0.6) is 11.6 Å². The van der Waals surface area contributed by atoms with E-state index in [-0.39, 0.29) is 36.5 Å². The number of unbranched alkanes of at least 4 members (excludes halogenated alkanes) is 1. The predicted octanol–water partition coefficient (Wildman–Crippen LogP) is 7.04. The van der Waals surface area contributed by atoms with Crippen LogP contribution in [0.2, 0.25) is 5.02 Å². The Kier molecular flexibility index (Phi) is 9.06. The van der Waals surface area contributed by atoms with Gasteiger partial charge in [0.05, 0.1) is 17.7 Å². The Bertz CT molecular complexity index is 972. The van der Waals surface area contributed by atoms with Gasteiger partial charge in [0, 0.05) is 25.1 Å². The summed E-state index contributed by atoms with van der Waals surface area (Å²) in [5, 5.41) is 11.6. The van der Waals surface area contributed by atoms with E-state index in [0.29, 0.717) is 12.0 Å². The van der Waals surface area contributed by atoms with Gasteiger partial charge in [0.1, 0.15) is 10.8 Å². The van der Waals surface area contributed by atoms with E-state index >= 15 is 0 Å². The number of aromatic nitrogens is 2. The third kappa shape index (κ3) is 6.55. The largest absolute Gasteiger partial charge is 0.490 e. The monoisotopic (exact) mass is 527 g/mol. The highest BCUT2D eigenvalue weighted by atomic mass is 35.5. The summed E-state index contributed by atoms with van der Waals surface area (Å²) in [4.78, 5) is 0. The highest BCUT2D eigenvalue weighted by Gasteiger charge is 2.46. The predicted molar refractivity (Wildman–Crippen MR) is 135 cm³/mol. The second-order valence-corrected chi connectivity index (χ2v) is 10.2. The molecule has 2 atom stereocenters. The number of piperidine rings is 1. The Morgan fingerprint density at radius 3 is 2.57 bits per heavy atom. The van der Waals surface area contributed by atoms with Gasteiger partial charge in [0.15, 0.2) is 5.56 Å². The van der Waals surface area contributed by atoms with Gasteiger partial charge in [0.2, 0.25) is 0 Å². The average Bonchev–Trinajstić information content (AvgIpc) is 2.85. The van der Waals surface area contributed by atoms with Crippen molar-refractivity contribution in [2.45, 2.75) is 82.3 Å². The second-order valence-electron chi connectivity index (χ2n) is 9.44. The molecule has 2 aromatic rings. The number of nitrogens with one attached hydrogen (secondary N) is 1. The van der Waals surface area contributed by atoms with Crippen LogP contribution in [0.15, 0.2) is 24.3 Å². The molecule has 0 amide bonds. The number of rotatable bonds is 9. The zero-order chi connectivity index (χ0) is 24.8. The third-order valence-electron chi connectivity index (χ3n) is 6.80. The average molecular weight is 528 g/mol. The van der Waals surface area contributed by atoms with Crippen molar-refractivity contribution in [3.8, 4) is 22.8 Å². The molecule has 1 saturated carbocycles. The molecule has 4 rings (SSSR count). The van der Waals surface area contributed by atoms with Gasteiger partial charge >= 0.3 is 0 Å². The van der Waals surface area contributed by atoms with Crippen LogP contribution in [-0.2, 0) is 6.42 Å². The fourth-order valence-corrected chi connectivity index (χ4v) is 5.38. The van der Waals surface area contributed by atoms with Crippen LogP contribution in [0.1, 0.15) is 64.0 Å². The van der Waals surface area contributed by atoms with Crippen molar-refractivity contribution >= 4 is 23.2 Å². The third-order valence-corrected chi connectivity index (χ3v) is 7.55. The smallest absolute Gasteiger partial charge is 0.258 e. The number of benzene rings is 1. The molecule has 1 N–H and O–H groups in total. The SMILES string of the molecule is CCCCc1nnc(OC(Cl)C2CNCCC2(F)F)c(Cl)c1-c1ccc(OC2CCCCC2)cc1. The molecule has 0 bridgehead atoms. The first kappa shape index (κ1) is 26.4. The Morgan fingerprint density at radius 1 is 1.14 bits per heavy atom. The van der Waals surface area contributed by atoms with E-state index < -0.39 is 17.4 Å². The maximum Gasteiger partial charge on any atom is 0.258 e. The molecule has 35 heavy (non-hydrogen) atoms. The molecular formula is C26H33Cl2F2N3O2. The number of hydrogen-bond acceptors (Lipinski definition) is 5. The molecule has 1 aliphatic heterocycles. The lowest BCUT2D eigenvalue weighted by Crippen LogP contribution is -2.50. The first-order chi connectivity index (χ1) is 16.9. The maximum absolute atomic E-state index is 14.4. The molecule has 0 radical (unpaired) electrons. The van der Waals surface area contributed by atoms with E-state index in [1.165, 1.54) is 19.3 Å². The zero-order valence-electron chi connectivity index (χ0n) is 20.0. The number of ether oxygens (including phenoxy) is 2. The molecule has 2 aliphatic rings. The van der Waals surface area contributed by atoms with Crippen LogP contribution >= 0.6 is 23.2 Å². The summed E-state index contributed by atoms with van der Waals surface area (Å²) in [7, 11) is 0. The molecular weight excluding hydrogens is 495 g/mol. The number of hydrogen-bond donors (Lipinski definition) is 1. The lowest BCUT2D eigenvalue weighted by Gasteiger charge is -2.34. The van der Waals surface area contributed by atoms with Crippen molar-refractivity contribution in [2.24, 2.45) is 5.92 Å². The molecule has 5 nitrogen and oxygen atoms in total. The molecule has 2 fully saturated rings. The zero-order valence-corrected chi connectivity index (χ0v) is 21.6. The fourth-order valence-electron chi connectivity index (χ4n) is 4.72. The molecule has 1 aromatic carbocycles. The van der Waals surface area contributed by atoms with Gasteiger partial charge in [0.25, 0.3) is 11.8 Å². The minimum Gasteiger partial charge on any atom is -0.490 e. The van der Waals surface area contributed by atoms with Gasteiger partial charge in [-0.15, -0.1) is 5.10 Å². The van der Waals surface area contributed by atoms with Gasteiger partial charge in [-0.25, -0.2) is 8.78 Å². The highest BCUT2D eigenvalue weighted by Crippen LogP contribution is 2.40. The number of halogens is 4. The van der Waals surface area contributed by atoms with Gasteiger partial charge < -0.3 is 14.8 Å². The van der Waals surface area contributed by atoms with E-state index in [9.17, 15) is 8.78 Å². The number of aryl methyl sites for hydroxylation is 1. The minimum atomic E-state index is -2.93. The molecule has 192 valence electrons. The van der Waals surface area contributed by atoms with Gasteiger partial charge in [-0.1, -0.05) is 55.1 Å².